The Hall–Kier alpha value is -1.26. The number of hydrogen-bond acceptors (Lipinski definition) is 4. The summed E-state index contributed by atoms with van der Waals surface area (Å²) in [6.45, 7) is 4.81. The molecule has 0 spiro atoms. The van der Waals surface area contributed by atoms with E-state index in [0.29, 0.717) is 19.2 Å². The highest BCUT2D eigenvalue weighted by molar-refractivity contribution is 5.83. The molecule has 0 fully saturated rings. The molecule has 0 aromatic heterocycles. The third kappa shape index (κ3) is 2.61. The second-order valence-electron chi connectivity index (χ2n) is 3.24. The molecule has 1 rings (SSSR count). The van der Waals surface area contributed by atoms with Crippen LogP contribution in [0.5, 0.6) is 0 Å². The molecule has 0 amide bonds. The Balaban J connectivity index is 2.51. The number of aliphatic carboxylic acids is 1. The highest BCUT2D eigenvalue weighted by atomic mass is 16.5. The number of aliphatic imine (C=N–C) groups is 1. The first-order valence-electron chi connectivity index (χ1n) is 4.28. The summed E-state index contributed by atoms with van der Waals surface area (Å²) in [5, 5.41) is 11.6. The molecule has 2 N–H and O–H groups in total. The van der Waals surface area contributed by atoms with E-state index in [0.717, 1.165) is 0 Å². The Bertz CT molecular complexity index is 225. The number of amidine groups is 1. The normalized spacial score (nSPS) is 17.9. The van der Waals surface area contributed by atoms with Gasteiger partial charge in [-0.15, -0.1) is 0 Å². The standard InChI is InChI=1S/C8H14N2O3/c1-5(2)6(7(11)12)10-8-9-3-4-13-8/h5-6H,3-4H2,1-2H3,(H,9,10)(H,11,12). The van der Waals surface area contributed by atoms with Gasteiger partial charge in [0.05, 0.1) is 6.54 Å². The summed E-state index contributed by atoms with van der Waals surface area (Å²) in [4.78, 5) is 14.7. The minimum atomic E-state index is -0.881. The quantitative estimate of drug-likeness (QED) is 0.654. The lowest BCUT2D eigenvalue weighted by molar-refractivity contribution is -0.140. The van der Waals surface area contributed by atoms with Crippen molar-refractivity contribution in [1.29, 1.82) is 0 Å². The van der Waals surface area contributed by atoms with Gasteiger partial charge in [-0.05, 0) is 5.92 Å². The second-order valence-corrected chi connectivity index (χ2v) is 3.24. The number of carboxylic acids is 1. The van der Waals surface area contributed by atoms with Gasteiger partial charge in [0.25, 0.3) is 6.02 Å². The van der Waals surface area contributed by atoms with Crippen LogP contribution in [-0.2, 0) is 9.53 Å². The van der Waals surface area contributed by atoms with Gasteiger partial charge in [-0.3, -0.25) is 0 Å². The Morgan fingerprint density at radius 1 is 1.69 bits per heavy atom. The van der Waals surface area contributed by atoms with Crippen LogP contribution >= 0.6 is 0 Å². The van der Waals surface area contributed by atoms with Crippen molar-refractivity contribution in [3.05, 3.63) is 0 Å². The SMILES string of the molecule is CC(C)C(NC1=NCCO1)C(=O)O. The van der Waals surface area contributed by atoms with Crippen molar-refractivity contribution in [3.63, 3.8) is 0 Å². The third-order valence-electron chi connectivity index (χ3n) is 1.80. The second kappa shape index (κ2) is 4.11. The average molecular weight is 186 g/mol. The topological polar surface area (TPSA) is 70.9 Å². The van der Waals surface area contributed by atoms with E-state index in [4.69, 9.17) is 9.84 Å². The van der Waals surface area contributed by atoms with Crippen molar-refractivity contribution in [2.75, 3.05) is 13.2 Å². The zero-order valence-corrected chi connectivity index (χ0v) is 7.78. The van der Waals surface area contributed by atoms with Crippen LogP contribution in [0.3, 0.4) is 0 Å². The van der Waals surface area contributed by atoms with E-state index in [9.17, 15) is 4.79 Å². The lowest BCUT2D eigenvalue weighted by Crippen LogP contribution is -2.44. The van der Waals surface area contributed by atoms with Crippen molar-refractivity contribution in [3.8, 4) is 0 Å². The van der Waals surface area contributed by atoms with E-state index < -0.39 is 12.0 Å². The lowest BCUT2D eigenvalue weighted by atomic mass is 10.1. The monoisotopic (exact) mass is 186 g/mol. The average Bonchev–Trinajstić information content (AvgIpc) is 2.50. The van der Waals surface area contributed by atoms with E-state index in [1.165, 1.54) is 0 Å². The van der Waals surface area contributed by atoms with Crippen LogP contribution in [0.2, 0.25) is 0 Å². The molecule has 5 nitrogen and oxygen atoms in total. The first-order chi connectivity index (χ1) is 6.11. The third-order valence-corrected chi connectivity index (χ3v) is 1.80. The number of carbonyl (C=O) groups is 1. The molecule has 1 unspecified atom stereocenters. The minimum absolute atomic E-state index is 0.00407. The molecule has 74 valence electrons. The fourth-order valence-corrected chi connectivity index (χ4v) is 1.07. The number of nitrogens with one attached hydrogen (secondary N) is 1. The van der Waals surface area contributed by atoms with Crippen LogP contribution in [0.15, 0.2) is 4.99 Å². The highest BCUT2D eigenvalue weighted by Crippen LogP contribution is 2.03. The molecule has 1 aliphatic heterocycles. The summed E-state index contributed by atoms with van der Waals surface area (Å²) in [5.41, 5.74) is 0. The van der Waals surface area contributed by atoms with Crippen LogP contribution in [0.4, 0.5) is 0 Å². The maximum atomic E-state index is 10.8. The van der Waals surface area contributed by atoms with E-state index in [-0.39, 0.29) is 5.92 Å². The van der Waals surface area contributed by atoms with Gasteiger partial charge >= 0.3 is 5.97 Å². The molecule has 0 aliphatic carbocycles. The van der Waals surface area contributed by atoms with Crippen LogP contribution in [0, 0.1) is 5.92 Å². The van der Waals surface area contributed by atoms with Crippen molar-refractivity contribution < 1.29 is 14.6 Å². The minimum Gasteiger partial charge on any atom is -0.480 e. The molecule has 1 aliphatic rings. The summed E-state index contributed by atoms with van der Waals surface area (Å²) in [6, 6.07) is -0.280. The number of rotatable bonds is 3. The first-order valence-corrected chi connectivity index (χ1v) is 4.28. The molecule has 0 saturated carbocycles. The van der Waals surface area contributed by atoms with Gasteiger partial charge < -0.3 is 15.2 Å². The molecule has 0 saturated heterocycles. The van der Waals surface area contributed by atoms with Crippen molar-refractivity contribution >= 4 is 12.0 Å². The fraction of sp³-hybridized carbons (Fsp3) is 0.750. The smallest absolute Gasteiger partial charge is 0.326 e. The number of ether oxygens (including phenoxy) is 1. The van der Waals surface area contributed by atoms with Gasteiger partial charge in [0.15, 0.2) is 0 Å². The molecule has 1 heterocycles. The molecule has 0 aromatic carbocycles. The number of hydrogen-bond donors (Lipinski definition) is 2. The molecule has 1 atom stereocenters. The predicted octanol–water partition coefficient (Wildman–Crippen LogP) is 0.0714. The van der Waals surface area contributed by atoms with Crippen LogP contribution in [-0.4, -0.2) is 36.3 Å². The zero-order valence-electron chi connectivity index (χ0n) is 7.78. The van der Waals surface area contributed by atoms with Crippen molar-refractivity contribution in [2.24, 2.45) is 10.9 Å². The van der Waals surface area contributed by atoms with Crippen LogP contribution in [0.25, 0.3) is 0 Å². The van der Waals surface area contributed by atoms with Gasteiger partial charge in [0.2, 0.25) is 0 Å². The van der Waals surface area contributed by atoms with Gasteiger partial charge in [-0.2, -0.15) is 0 Å². The van der Waals surface area contributed by atoms with Crippen molar-refractivity contribution in [1.82, 2.24) is 5.32 Å². The Morgan fingerprint density at radius 2 is 2.38 bits per heavy atom. The number of nitrogens with zero attached hydrogens (tertiary/aromatic N) is 1. The van der Waals surface area contributed by atoms with Gasteiger partial charge in [-0.1, -0.05) is 13.8 Å². The van der Waals surface area contributed by atoms with Gasteiger partial charge in [-0.25, -0.2) is 9.79 Å². The molecule has 5 heteroatoms. The summed E-state index contributed by atoms with van der Waals surface area (Å²) < 4.78 is 5.06. The molecule has 0 radical (unpaired) electrons. The first kappa shape index (κ1) is 9.83. The van der Waals surface area contributed by atoms with Crippen LogP contribution in [0.1, 0.15) is 13.8 Å². The van der Waals surface area contributed by atoms with E-state index in [1.54, 1.807) is 0 Å². The predicted molar refractivity (Wildman–Crippen MR) is 47.7 cm³/mol. The van der Waals surface area contributed by atoms with E-state index in [1.807, 2.05) is 13.8 Å². The Labute approximate surface area is 76.8 Å². The summed E-state index contributed by atoms with van der Waals surface area (Å²) in [5.74, 6) is -0.877. The lowest BCUT2D eigenvalue weighted by Gasteiger charge is -2.17. The zero-order chi connectivity index (χ0) is 9.84. The maximum absolute atomic E-state index is 10.8. The van der Waals surface area contributed by atoms with Crippen molar-refractivity contribution in [2.45, 2.75) is 19.9 Å². The summed E-state index contributed by atoms with van der Waals surface area (Å²) in [7, 11) is 0. The molecule has 13 heavy (non-hydrogen) atoms. The highest BCUT2D eigenvalue weighted by Gasteiger charge is 2.23. The van der Waals surface area contributed by atoms with E-state index >= 15 is 0 Å². The number of carboxylic acid groups (broad SMARTS) is 1. The molecular weight excluding hydrogens is 172 g/mol. The van der Waals surface area contributed by atoms with E-state index in [2.05, 4.69) is 10.3 Å². The maximum Gasteiger partial charge on any atom is 0.326 e. The molecule has 0 bridgehead atoms. The fourth-order valence-electron chi connectivity index (χ4n) is 1.07. The summed E-state index contributed by atoms with van der Waals surface area (Å²) in [6.07, 6.45) is 0. The molecule has 0 aromatic rings. The molecular formula is C8H14N2O3. The Morgan fingerprint density at radius 3 is 2.77 bits per heavy atom. The van der Waals surface area contributed by atoms with Gasteiger partial charge in [0.1, 0.15) is 12.6 Å². The summed E-state index contributed by atoms with van der Waals surface area (Å²) >= 11 is 0. The van der Waals surface area contributed by atoms with Gasteiger partial charge in [0, 0.05) is 0 Å². The van der Waals surface area contributed by atoms with Crippen LogP contribution < -0.4 is 5.32 Å². The Kier molecular flexibility index (Phi) is 3.11. The largest absolute Gasteiger partial charge is 0.480 e.